The molecule has 0 saturated carbocycles. The highest BCUT2D eigenvalue weighted by Crippen LogP contribution is 2.42. The Bertz CT molecular complexity index is 810. The fourth-order valence-electron chi connectivity index (χ4n) is 2.36. The van der Waals surface area contributed by atoms with Crippen molar-refractivity contribution in [2.45, 2.75) is 6.92 Å². The molecule has 22 heavy (non-hydrogen) atoms. The second-order valence-corrected chi connectivity index (χ2v) is 4.81. The number of fused-ring (bicyclic) bond motifs is 2. The van der Waals surface area contributed by atoms with Crippen LogP contribution in [0, 0.1) is 5.21 Å². The SMILES string of the molecule is COc1cccc2c1Oc1ccc(C(=O)O)cc1[N+]([O-])=C2C. The maximum absolute atomic E-state index is 12.5. The van der Waals surface area contributed by atoms with E-state index in [-0.39, 0.29) is 17.0 Å². The highest BCUT2D eigenvalue weighted by Gasteiger charge is 2.27. The Balaban J connectivity index is 2.28. The number of carboxylic acids is 1. The van der Waals surface area contributed by atoms with Crippen molar-refractivity contribution < 1.29 is 24.1 Å². The van der Waals surface area contributed by atoms with Crippen LogP contribution in [0.5, 0.6) is 17.2 Å². The van der Waals surface area contributed by atoms with Gasteiger partial charge >= 0.3 is 5.97 Å². The third-order valence-corrected chi connectivity index (χ3v) is 3.53. The molecule has 0 unspecified atom stereocenters. The average Bonchev–Trinajstić information content (AvgIpc) is 2.63. The smallest absolute Gasteiger partial charge is 0.335 e. The Labute approximate surface area is 126 Å². The summed E-state index contributed by atoms with van der Waals surface area (Å²) in [5.41, 5.74) is 1.17. The molecule has 1 aliphatic rings. The number of nitrogens with zero attached hydrogens (tertiary/aromatic N) is 1. The number of carboxylic acid groups (broad SMARTS) is 1. The van der Waals surface area contributed by atoms with Crippen molar-refractivity contribution in [2.24, 2.45) is 0 Å². The van der Waals surface area contributed by atoms with E-state index in [1.807, 2.05) is 0 Å². The lowest BCUT2D eigenvalue weighted by atomic mass is 10.1. The third-order valence-electron chi connectivity index (χ3n) is 3.53. The Hall–Kier alpha value is -3.02. The van der Waals surface area contributed by atoms with Crippen LogP contribution in [-0.2, 0) is 0 Å². The highest BCUT2D eigenvalue weighted by molar-refractivity contribution is 6.00. The molecule has 1 N–H and O–H groups in total. The van der Waals surface area contributed by atoms with E-state index in [1.165, 1.54) is 25.3 Å². The molecule has 0 amide bonds. The Kier molecular flexibility index (Phi) is 3.21. The van der Waals surface area contributed by atoms with Crippen LogP contribution in [0.15, 0.2) is 36.4 Å². The lowest BCUT2D eigenvalue weighted by molar-refractivity contribution is -0.360. The van der Waals surface area contributed by atoms with Gasteiger partial charge in [0.1, 0.15) is 0 Å². The summed E-state index contributed by atoms with van der Waals surface area (Å²) in [6, 6.07) is 9.41. The molecule has 2 aromatic rings. The Morgan fingerprint density at radius 2 is 2.09 bits per heavy atom. The lowest BCUT2D eigenvalue weighted by Gasteiger charge is -2.10. The number of para-hydroxylation sites is 1. The van der Waals surface area contributed by atoms with Gasteiger partial charge in [-0.3, -0.25) is 0 Å². The standard InChI is InChI=1S/C16H13NO5/c1-9-11-4-3-5-14(21-2)15(11)22-13-7-6-10(16(18)19)8-12(13)17(9)20/h3-8H,1-2H3,(H,18,19). The van der Waals surface area contributed by atoms with Crippen LogP contribution in [0.4, 0.5) is 5.69 Å². The van der Waals surface area contributed by atoms with Crippen LogP contribution in [0.25, 0.3) is 0 Å². The number of methoxy groups -OCH3 is 1. The van der Waals surface area contributed by atoms with Gasteiger partial charge < -0.3 is 19.8 Å². The number of ether oxygens (including phenoxy) is 2. The topological polar surface area (TPSA) is 81.8 Å². The first-order valence-electron chi connectivity index (χ1n) is 6.56. The molecule has 2 aromatic carbocycles. The number of hydrogen-bond donors (Lipinski definition) is 1. The van der Waals surface area contributed by atoms with Crippen molar-refractivity contribution in [1.82, 2.24) is 0 Å². The number of aromatic carboxylic acids is 1. The zero-order valence-electron chi connectivity index (χ0n) is 12.0. The quantitative estimate of drug-likeness (QED) is 0.680. The van der Waals surface area contributed by atoms with E-state index in [4.69, 9.17) is 14.6 Å². The van der Waals surface area contributed by atoms with Gasteiger partial charge in [-0.05, 0) is 24.3 Å². The minimum Gasteiger partial charge on any atom is -0.618 e. The van der Waals surface area contributed by atoms with Crippen LogP contribution in [-0.4, -0.2) is 28.6 Å². The molecule has 0 bridgehead atoms. The van der Waals surface area contributed by atoms with Gasteiger partial charge in [-0.15, -0.1) is 0 Å². The van der Waals surface area contributed by atoms with Gasteiger partial charge in [0.05, 0.1) is 18.2 Å². The van der Waals surface area contributed by atoms with Crippen molar-refractivity contribution in [3.8, 4) is 17.2 Å². The van der Waals surface area contributed by atoms with Crippen LogP contribution < -0.4 is 9.47 Å². The first-order valence-corrected chi connectivity index (χ1v) is 6.56. The Morgan fingerprint density at radius 3 is 2.77 bits per heavy atom. The third kappa shape index (κ3) is 2.05. The molecule has 1 heterocycles. The van der Waals surface area contributed by atoms with Gasteiger partial charge in [-0.25, -0.2) is 4.79 Å². The summed E-state index contributed by atoms with van der Waals surface area (Å²) < 4.78 is 11.8. The average molecular weight is 299 g/mol. The van der Waals surface area contributed by atoms with Crippen molar-refractivity contribution >= 4 is 17.4 Å². The molecule has 0 aliphatic carbocycles. The molecule has 0 radical (unpaired) electrons. The summed E-state index contributed by atoms with van der Waals surface area (Å²) in [5.74, 6) is 0.112. The van der Waals surface area contributed by atoms with Crippen molar-refractivity contribution in [2.75, 3.05) is 7.11 Å². The highest BCUT2D eigenvalue weighted by atomic mass is 16.5. The molecule has 1 aliphatic heterocycles. The summed E-state index contributed by atoms with van der Waals surface area (Å²) in [7, 11) is 1.52. The lowest BCUT2D eigenvalue weighted by Crippen LogP contribution is -2.08. The second-order valence-electron chi connectivity index (χ2n) is 4.81. The summed E-state index contributed by atoms with van der Waals surface area (Å²) in [6.45, 7) is 1.65. The summed E-state index contributed by atoms with van der Waals surface area (Å²) in [5, 5.41) is 21.6. The molecule has 112 valence electrons. The van der Waals surface area contributed by atoms with Gasteiger partial charge in [0.15, 0.2) is 17.2 Å². The van der Waals surface area contributed by atoms with Crippen LogP contribution >= 0.6 is 0 Å². The van der Waals surface area contributed by atoms with E-state index in [1.54, 1.807) is 25.1 Å². The number of rotatable bonds is 2. The van der Waals surface area contributed by atoms with E-state index in [9.17, 15) is 10.0 Å². The van der Waals surface area contributed by atoms with Gasteiger partial charge in [0.25, 0.3) is 5.69 Å². The predicted molar refractivity (Wildman–Crippen MR) is 79.5 cm³/mol. The molecule has 6 nitrogen and oxygen atoms in total. The predicted octanol–water partition coefficient (Wildman–Crippen LogP) is 3.15. The van der Waals surface area contributed by atoms with E-state index in [0.717, 1.165) is 0 Å². The van der Waals surface area contributed by atoms with E-state index < -0.39 is 5.97 Å². The van der Waals surface area contributed by atoms with Gasteiger partial charge in [0.2, 0.25) is 5.71 Å². The fourth-order valence-corrected chi connectivity index (χ4v) is 2.36. The Morgan fingerprint density at radius 1 is 1.32 bits per heavy atom. The molecule has 0 fully saturated rings. The molecule has 0 spiro atoms. The van der Waals surface area contributed by atoms with Crippen LogP contribution in [0.1, 0.15) is 22.8 Å². The molecule has 0 atom stereocenters. The first kappa shape index (κ1) is 13.9. The number of hydrogen-bond acceptors (Lipinski definition) is 4. The second kappa shape index (κ2) is 5.07. The van der Waals surface area contributed by atoms with Crippen molar-refractivity contribution in [3.05, 3.63) is 52.7 Å². The molecule has 0 aromatic heterocycles. The molecular weight excluding hydrogens is 286 g/mol. The molecule has 3 rings (SSSR count). The van der Waals surface area contributed by atoms with E-state index in [2.05, 4.69) is 0 Å². The number of benzene rings is 2. The van der Waals surface area contributed by atoms with E-state index >= 15 is 0 Å². The zero-order valence-corrected chi connectivity index (χ0v) is 12.0. The minimum atomic E-state index is -1.10. The normalized spacial score (nSPS) is 12.8. The maximum Gasteiger partial charge on any atom is 0.335 e. The van der Waals surface area contributed by atoms with Gasteiger partial charge in [-0.1, -0.05) is 6.07 Å². The minimum absolute atomic E-state index is 0.0221. The fraction of sp³-hybridized carbons (Fsp3) is 0.125. The monoisotopic (exact) mass is 299 g/mol. The zero-order chi connectivity index (χ0) is 15.9. The maximum atomic E-state index is 12.5. The first-order chi connectivity index (χ1) is 10.5. The summed E-state index contributed by atoms with van der Waals surface area (Å²) in [6.07, 6.45) is 0. The van der Waals surface area contributed by atoms with Gasteiger partial charge in [-0.2, -0.15) is 4.74 Å². The molecular formula is C16H13NO5. The van der Waals surface area contributed by atoms with Crippen LogP contribution in [0.2, 0.25) is 0 Å². The van der Waals surface area contributed by atoms with Crippen molar-refractivity contribution in [3.63, 3.8) is 0 Å². The summed E-state index contributed by atoms with van der Waals surface area (Å²) in [4.78, 5) is 11.1. The molecule has 0 saturated heterocycles. The van der Waals surface area contributed by atoms with Gasteiger partial charge in [0, 0.05) is 13.0 Å². The van der Waals surface area contributed by atoms with E-state index in [0.29, 0.717) is 27.5 Å². The van der Waals surface area contributed by atoms with Crippen LogP contribution in [0.3, 0.4) is 0 Å². The molecule has 6 heteroatoms. The summed E-state index contributed by atoms with van der Waals surface area (Å²) >= 11 is 0. The largest absolute Gasteiger partial charge is 0.618 e. The number of carbonyl (C=O) groups is 1. The van der Waals surface area contributed by atoms with Crippen molar-refractivity contribution in [1.29, 1.82) is 0 Å².